The summed E-state index contributed by atoms with van der Waals surface area (Å²) in [6.45, 7) is 6.17. The molecular formula is C11H22N2O2. The molecule has 88 valence electrons. The van der Waals surface area contributed by atoms with Crippen LogP contribution in [0.25, 0.3) is 0 Å². The molecule has 0 radical (unpaired) electrons. The Bertz CT molecular complexity index is 209. The first-order chi connectivity index (χ1) is 7.15. The van der Waals surface area contributed by atoms with Crippen LogP contribution in [0.15, 0.2) is 0 Å². The summed E-state index contributed by atoms with van der Waals surface area (Å²) >= 11 is 0. The molecule has 0 aromatic rings. The molecule has 15 heavy (non-hydrogen) atoms. The van der Waals surface area contributed by atoms with Crippen LogP contribution < -0.4 is 5.32 Å². The number of hydrogen-bond acceptors (Lipinski definition) is 4. The highest BCUT2D eigenvalue weighted by atomic mass is 16.5. The average molecular weight is 214 g/mol. The number of likely N-dealkylation sites (N-methyl/N-ethyl adjacent to an activating group) is 1. The fraction of sp³-hybridized carbons (Fsp3) is 0.909. The van der Waals surface area contributed by atoms with Gasteiger partial charge < -0.3 is 15.0 Å². The summed E-state index contributed by atoms with van der Waals surface area (Å²) in [6.07, 6.45) is 2.48. The molecular weight excluding hydrogens is 192 g/mol. The van der Waals surface area contributed by atoms with Crippen molar-refractivity contribution in [2.75, 3.05) is 26.7 Å². The van der Waals surface area contributed by atoms with E-state index in [1.165, 1.54) is 19.4 Å². The maximum absolute atomic E-state index is 11.3. The Morgan fingerprint density at radius 1 is 1.67 bits per heavy atom. The highest BCUT2D eigenvalue weighted by Crippen LogP contribution is 2.13. The van der Waals surface area contributed by atoms with Crippen LogP contribution in [0, 0.1) is 0 Å². The lowest BCUT2D eigenvalue weighted by Gasteiger charge is -2.21. The van der Waals surface area contributed by atoms with E-state index in [4.69, 9.17) is 4.74 Å². The quantitative estimate of drug-likeness (QED) is 0.681. The largest absolute Gasteiger partial charge is 0.465 e. The van der Waals surface area contributed by atoms with Gasteiger partial charge in [0.05, 0.1) is 6.61 Å². The number of carbonyl (C=O) groups excluding carboxylic acids is 1. The smallest absolute Gasteiger partial charge is 0.322 e. The van der Waals surface area contributed by atoms with Crippen molar-refractivity contribution < 1.29 is 9.53 Å². The second-order valence-corrected chi connectivity index (χ2v) is 4.16. The van der Waals surface area contributed by atoms with E-state index in [1.54, 1.807) is 0 Å². The fourth-order valence-electron chi connectivity index (χ4n) is 1.90. The third-order valence-electron chi connectivity index (χ3n) is 2.97. The first-order valence-corrected chi connectivity index (χ1v) is 5.75. The molecule has 4 nitrogen and oxygen atoms in total. The zero-order chi connectivity index (χ0) is 11.3. The molecule has 1 rings (SSSR count). The second kappa shape index (κ2) is 6.08. The van der Waals surface area contributed by atoms with Gasteiger partial charge in [0, 0.05) is 12.6 Å². The lowest BCUT2D eigenvalue weighted by atomic mass is 10.2. The Kier molecular flexibility index (Phi) is 5.05. The molecule has 2 unspecified atom stereocenters. The van der Waals surface area contributed by atoms with Crippen LogP contribution in [0.2, 0.25) is 0 Å². The van der Waals surface area contributed by atoms with Gasteiger partial charge in [-0.05, 0) is 40.3 Å². The van der Waals surface area contributed by atoms with Crippen molar-refractivity contribution in [3.05, 3.63) is 0 Å². The highest BCUT2D eigenvalue weighted by molar-refractivity contribution is 5.75. The number of carbonyl (C=O) groups is 1. The van der Waals surface area contributed by atoms with Crippen molar-refractivity contribution >= 4 is 5.97 Å². The van der Waals surface area contributed by atoms with Crippen LogP contribution in [-0.4, -0.2) is 49.7 Å². The van der Waals surface area contributed by atoms with E-state index in [9.17, 15) is 4.79 Å². The van der Waals surface area contributed by atoms with Crippen molar-refractivity contribution in [2.24, 2.45) is 0 Å². The van der Waals surface area contributed by atoms with E-state index in [-0.39, 0.29) is 12.0 Å². The molecule has 1 fully saturated rings. The normalized spacial score (nSPS) is 24.1. The first kappa shape index (κ1) is 12.5. The van der Waals surface area contributed by atoms with Gasteiger partial charge in [0.25, 0.3) is 0 Å². The summed E-state index contributed by atoms with van der Waals surface area (Å²) in [5.41, 5.74) is 0. The average Bonchev–Trinajstić information content (AvgIpc) is 2.61. The van der Waals surface area contributed by atoms with Crippen molar-refractivity contribution in [3.63, 3.8) is 0 Å². The Morgan fingerprint density at radius 3 is 2.93 bits per heavy atom. The topological polar surface area (TPSA) is 41.6 Å². The summed E-state index contributed by atoms with van der Waals surface area (Å²) in [5.74, 6) is -0.154. The van der Waals surface area contributed by atoms with E-state index in [2.05, 4.69) is 17.3 Å². The van der Waals surface area contributed by atoms with Gasteiger partial charge in [-0.25, -0.2) is 0 Å². The minimum absolute atomic E-state index is 0.154. The molecule has 1 aliphatic rings. The summed E-state index contributed by atoms with van der Waals surface area (Å²) < 4.78 is 4.93. The SMILES string of the molecule is CCOC(=O)C(C)NCC1CCCN1C. The van der Waals surface area contributed by atoms with Gasteiger partial charge in [-0.3, -0.25) is 4.79 Å². The van der Waals surface area contributed by atoms with Crippen molar-refractivity contribution in [1.82, 2.24) is 10.2 Å². The van der Waals surface area contributed by atoms with Crippen LogP contribution in [-0.2, 0) is 9.53 Å². The molecule has 0 aromatic heterocycles. The standard InChI is InChI=1S/C11H22N2O2/c1-4-15-11(14)9(2)12-8-10-6-5-7-13(10)3/h9-10,12H,4-8H2,1-3H3. The van der Waals surface area contributed by atoms with Crippen LogP contribution in [0.4, 0.5) is 0 Å². The zero-order valence-electron chi connectivity index (χ0n) is 9.95. The molecule has 0 aliphatic carbocycles. The lowest BCUT2D eigenvalue weighted by molar-refractivity contribution is -0.145. The lowest BCUT2D eigenvalue weighted by Crippen LogP contribution is -2.43. The number of esters is 1. The molecule has 4 heteroatoms. The van der Waals surface area contributed by atoms with Gasteiger partial charge in [-0.15, -0.1) is 0 Å². The van der Waals surface area contributed by atoms with Gasteiger partial charge >= 0.3 is 5.97 Å². The molecule has 0 bridgehead atoms. The third kappa shape index (κ3) is 3.80. The van der Waals surface area contributed by atoms with Gasteiger partial charge in [-0.2, -0.15) is 0 Å². The Hall–Kier alpha value is -0.610. The number of nitrogens with one attached hydrogen (secondary N) is 1. The van der Waals surface area contributed by atoms with Gasteiger partial charge in [0.1, 0.15) is 6.04 Å². The number of rotatable bonds is 5. The highest BCUT2D eigenvalue weighted by Gasteiger charge is 2.22. The molecule has 1 aliphatic heterocycles. The number of ether oxygens (including phenoxy) is 1. The minimum Gasteiger partial charge on any atom is -0.465 e. The Labute approximate surface area is 92.0 Å². The minimum atomic E-state index is -0.195. The van der Waals surface area contributed by atoms with E-state index in [1.807, 2.05) is 13.8 Å². The number of nitrogens with zero attached hydrogens (tertiary/aromatic N) is 1. The molecule has 1 saturated heterocycles. The van der Waals surface area contributed by atoms with Crippen LogP contribution in [0.3, 0.4) is 0 Å². The zero-order valence-corrected chi connectivity index (χ0v) is 9.95. The molecule has 0 spiro atoms. The Morgan fingerprint density at radius 2 is 2.40 bits per heavy atom. The molecule has 0 saturated carbocycles. The third-order valence-corrected chi connectivity index (χ3v) is 2.97. The summed E-state index contributed by atoms with van der Waals surface area (Å²) in [6, 6.07) is 0.376. The van der Waals surface area contributed by atoms with Crippen LogP contribution in [0.5, 0.6) is 0 Å². The predicted octanol–water partition coefficient (Wildman–Crippen LogP) is 0.622. The maximum atomic E-state index is 11.3. The first-order valence-electron chi connectivity index (χ1n) is 5.75. The van der Waals surface area contributed by atoms with Gasteiger partial charge in [-0.1, -0.05) is 0 Å². The van der Waals surface area contributed by atoms with Crippen LogP contribution >= 0.6 is 0 Å². The van der Waals surface area contributed by atoms with Crippen molar-refractivity contribution in [1.29, 1.82) is 0 Å². The number of hydrogen-bond donors (Lipinski definition) is 1. The molecule has 0 aromatic carbocycles. The monoisotopic (exact) mass is 214 g/mol. The number of likely N-dealkylation sites (tertiary alicyclic amines) is 1. The summed E-state index contributed by atoms with van der Waals surface area (Å²) in [7, 11) is 2.13. The summed E-state index contributed by atoms with van der Waals surface area (Å²) in [5, 5.41) is 3.22. The van der Waals surface area contributed by atoms with E-state index < -0.39 is 0 Å². The Balaban J connectivity index is 2.21. The van der Waals surface area contributed by atoms with Crippen LogP contribution in [0.1, 0.15) is 26.7 Å². The van der Waals surface area contributed by atoms with E-state index in [0.29, 0.717) is 12.6 Å². The molecule has 2 atom stereocenters. The maximum Gasteiger partial charge on any atom is 0.322 e. The van der Waals surface area contributed by atoms with E-state index in [0.717, 1.165) is 6.54 Å². The molecule has 1 N–H and O–H groups in total. The predicted molar refractivity (Wildman–Crippen MR) is 59.7 cm³/mol. The van der Waals surface area contributed by atoms with E-state index >= 15 is 0 Å². The molecule has 1 heterocycles. The molecule has 0 amide bonds. The van der Waals surface area contributed by atoms with Gasteiger partial charge in [0.2, 0.25) is 0 Å². The fourth-order valence-corrected chi connectivity index (χ4v) is 1.90. The van der Waals surface area contributed by atoms with Crippen molar-refractivity contribution in [2.45, 2.75) is 38.8 Å². The summed E-state index contributed by atoms with van der Waals surface area (Å²) in [4.78, 5) is 13.7. The second-order valence-electron chi connectivity index (χ2n) is 4.16. The van der Waals surface area contributed by atoms with Crippen molar-refractivity contribution in [3.8, 4) is 0 Å². The van der Waals surface area contributed by atoms with Gasteiger partial charge in [0.15, 0.2) is 0 Å².